The molecule has 0 saturated carbocycles. The number of unbranched alkanes of at least 4 members (excludes halogenated alkanes) is 4. The van der Waals surface area contributed by atoms with E-state index >= 15 is 0 Å². The average molecular weight is 239 g/mol. The summed E-state index contributed by atoms with van der Waals surface area (Å²) in [5.41, 5.74) is 0.521. The molecule has 1 heterocycles. The predicted molar refractivity (Wildman–Crippen MR) is 77.4 cm³/mol. The van der Waals surface area contributed by atoms with Crippen molar-refractivity contribution in [3.05, 3.63) is 0 Å². The lowest BCUT2D eigenvalue weighted by molar-refractivity contribution is 0.111. The molecule has 0 aliphatic carbocycles. The van der Waals surface area contributed by atoms with Crippen LogP contribution >= 0.6 is 0 Å². The Hall–Kier alpha value is -0.0400. The fourth-order valence-electron chi connectivity index (χ4n) is 2.96. The monoisotopic (exact) mass is 239 g/mol. The lowest BCUT2D eigenvalue weighted by Crippen LogP contribution is -2.38. The molecule has 0 radical (unpaired) electrons. The van der Waals surface area contributed by atoms with Gasteiger partial charge in [0.1, 0.15) is 0 Å². The van der Waals surface area contributed by atoms with Crippen LogP contribution in [0.4, 0.5) is 0 Å². The topological polar surface area (TPSA) is 3.24 Å². The fourth-order valence-corrected chi connectivity index (χ4v) is 2.96. The summed E-state index contributed by atoms with van der Waals surface area (Å²) in [5.74, 6) is 0.943. The molecule has 0 amide bonds. The lowest BCUT2D eigenvalue weighted by atomic mass is 9.75. The molecule has 0 spiro atoms. The number of hydrogen-bond acceptors (Lipinski definition) is 1. The molecular weight excluding hydrogens is 206 g/mol. The van der Waals surface area contributed by atoms with Gasteiger partial charge in [0.15, 0.2) is 0 Å². The third kappa shape index (κ3) is 5.90. The first-order chi connectivity index (χ1) is 8.04. The maximum atomic E-state index is 2.69. The van der Waals surface area contributed by atoms with Crippen LogP contribution in [-0.4, -0.2) is 24.5 Å². The van der Waals surface area contributed by atoms with Crippen LogP contribution in [0.25, 0.3) is 0 Å². The van der Waals surface area contributed by atoms with Crippen LogP contribution in [0.1, 0.15) is 72.6 Å². The Labute approximate surface area is 109 Å². The van der Waals surface area contributed by atoms with Gasteiger partial charge < -0.3 is 4.90 Å². The highest BCUT2D eigenvalue weighted by Gasteiger charge is 2.28. The van der Waals surface area contributed by atoms with Crippen LogP contribution in [0.15, 0.2) is 0 Å². The van der Waals surface area contributed by atoms with Gasteiger partial charge in [0, 0.05) is 0 Å². The van der Waals surface area contributed by atoms with Gasteiger partial charge in [-0.1, -0.05) is 53.4 Å². The van der Waals surface area contributed by atoms with Crippen LogP contribution in [0.2, 0.25) is 0 Å². The molecule has 0 aromatic rings. The van der Waals surface area contributed by atoms with Gasteiger partial charge in [-0.25, -0.2) is 0 Å². The van der Waals surface area contributed by atoms with Gasteiger partial charge in [-0.2, -0.15) is 0 Å². The van der Waals surface area contributed by atoms with Gasteiger partial charge in [-0.05, 0) is 50.2 Å². The minimum absolute atomic E-state index is 0.521. The highest BCUT2D eigenvalue weighted by Crippen LogP contribution is 2.34. The summed E-state index contributed by atoms with van der Waals surface area (Å²) in [6.07, 6.45) is 9.90. The summed E-state index contributed by atoms with van der Waals surface area (Å²) in [4.78, 5) is 2.69. The van der Waals surface area contributed by atoms with E-state index in [2.05, 4.69) is 32.6 Å². The largest absolute Gasteiger partial charge is 0.303 e. The summed E-state index contributed by atoms with van der Waals surface area (Å²) < 4.78 is 0. The summed E-state index contributed by atoms with van der Waals surface area (Å²) in [7, 11) is 0. The quantitative estimate of drug-likeness (QED) is 0.606. The van der Waals surface area contributed by atoms with E-state index in [1.807, 2.05) is 0 Å². The average Bonchev–Trinajstić information content (AvgIpc) is 2.28. The summed E-state index contributed by atoms with van der Waals surface area (Å²) in [6, 6.07) is 0. The zero-order valence-electron chi connectivity index (χ0n) is 12.6. The van der Waals surface area contributed by atoms with Crippen LogP contribution in [-0.2, 0) is 0 Å². The number of nitrogens with zero attached hydrogens (tertiary/aromatic N) is 1. The smallest absolute Gasteiger partial charge is 0.00159 e. The number of piperidine rings is 1. The Bertz CT molecular complexity index is 184. The molecule has 1 aliphatic heterocycles. The Kier molecular flexibility index (Phi) is 6.54. The van der Waals surface area contributed by atoms with Crippen molar-refractivity contribution in [2.45, 2.75) is 72.6 Å². The molecule has 0 atom stereocenters. The van der Waals surface area contributed by atoms with Crippen molar-refractivity contribution in [2.75, 3.05) is 19.6 Å². The van der Waals surface area contributed by atoms with Crippen molar-refractivity contribution < 1.29 is 0 Å². The third-order valence-electron chi connectivity index (χ3n) is 4.39. The van der Waals surface area contributed by atoms with Crippen LogP contribution < -0.4 is 0 Å². The Morgan fingerprint density at radius 1 is 0.941 bits per heavy atom. The second-order valence-corrected chi connectivity index (χ2v) is 6.90. The number of likely N-dealkylation sites (tertiary alicyclic amines) is 1. The highest BCUT2D eigenvalue weighted by molar-refractivity contribution is 4.80. The number of rotatable bonds is 6. The molecule has 1 heteroatoms. The third-order valence-corrected chi connectivity index (χ3v) is 4.39. The molecule has 0 unspecified atom stereocenters. The van der Waals surface area contributed by atoms with Crippen LogP contribution in [0.5, 0.6) is 0 Å². The van der Waals surface area contributed by atoms with Crippen LogP contribution in [0, 0.1) is 11.3 Å². The molecule has 1 fully saturated rings. The lowest BCUT2D eigenvalue weighted by Gasteiger charge is -2.38. The molecule has 0 aromatic heterocycles. The zero-order chi connectivity index (χ0) is 12.7. The molecule has 0 bridgehead atoms. The Morgan fingerprint density at radius 3 is 2.06 bits per heavy atom. The fraction of sp³-hybridized carbons (Fsp3) is 1.00. The van der Waals surface area contributed by atoms with E-state index in [4.69, 9.17) is 0 Å². The highest BCUT2D eigenvalue weighted by atomic mass is 15.1. The standard InChI is InChI=1S/C16H33N/c1-5-6-7-8-9-12-17-13-10-15(11-14-17)16(2,3)4/h15H,5-14H2,1-4H3. The molecule has 0 aromatic carbocycles. The Morgan fingerprint density at radius 2 is 1.53 bits per heavy atom. The molecule has 1 rings (SSSR count). The first-order valence-corrected chi connectivity index (χ1v) is 7.76. The zero-order valence-corrected chi connectivity index (χ0v) is 12.6. The maximum absolute atomic E-state index is 2.69. The second-order valence-electron chi connectivity index (χ2n) is 6.90. The van der Waals surface area contributed by atoms with Crippen LogP contribution in [0.3, 0.4) is 0 Å². The molecule has 17 heavy (non-hydrogen) atoms. The van der Waals surface area contributed by atoms with E-state index in [9.17, 15) is 0 Å². The molecule has 1 saturated heterocycles. The van der Waals surface area contributed by atoms with Gasteiger partial charge in [-0.3, -0.25) is 0 Å². The summed E-state index contributed by atoms with van der Waals surface area (Å²) in [6.45, 7) is 13.5. The van der Waals surface area contributed by atoms with Crippen molar-refractivity contribution in [3.63, 3.8) is 0 Å². The van der Waals surface area contributed by atoms with Gasteiger partial charge in [-0.15, -0.1) is 0 Å². The first kappa shape index (κ1) is 15.0. The normalized spacial score (nSPS) is 19.8. The van der Waals surface area contributed by atoms with E-state index < -0.39 is 0 Å². The predicted octanol–water partition coefficient (Wildman–Crippen LogP) is 4.71. The molecular formula is C16H33N. The van der Waals surface area contributed by atoms with E-state index in [-0.39, 0.29) is 0 Å². The van der Waals surface area contributed by atoms with Gasteiger partial charge in [0.25, 0.3) is 0 Å². The van der Waals surface area contributed by atoms with Crippen molar-refractivity contribution in [2.24, 2.45) is 11.3 Å². The second kappa shape index (κ2) is 7.41. The molecule has 102 valence electrons. The van der Waals surface area contributed by atoms with Crippen molar-refractivity contribution in [1.29, 1.82) is 0 Å². The maximum Gasteiger partial charge on any atom is -0.00159 e. The van der Waals surface area contributed by atoms with Crippen molar-refractivity contribution in [1.82, 2.24) is 4.90 Å². The van der Waals surface area contributed by atoms with Crippen molar-refractivity contribution >= 4 is 0 Å². The van der Waals surface area contributed by atoms with Gasteiger partial charge >= 0.3 is 0 Å². The van der Waals surface area contributed by atoms with Gasteiger partial charge in [0.05, 0.1) is 0 Å². The van der Waals surface area contributed by atoms with E-state index in [0.29, 0.717) is 5.41 Å². The number of hydrogen-bond donors (Lipinski definition) is 0. The first-order valence-electron chi connectivity index (χ1n) is 7.76. The summed E-state index contributed by atoms with van der Waals surface area (Å²) in [5, 5.41) is 0. The minimum Gasteiger partial charge on any atom is -0.303 e. The minimum atomic E-state index is 0.521. The van der Waals surface area contributed by atoms with Crippen molar-refractivity contribution in [3.8, 4) is 0 Å². The van der Waals surface area contributed by atoms with Gasteiger partial charge in [0.2, 0.25) is 0 Å². The molecule has 1 nitrogen and oxygen atoms in total. The SMILES string of the molecule is CCCCCCCN1CCC(C(C)(C)C)CC1. The van der Waals surface area contributed by atoms with E-state index in [1.165, 1.54) is 64.6 Å². The Balaban J connectivity index is 2.07. The summed E-state index contributed by atoms with van der Waals surface area (Å²) >= 11 is 0. The molecule has 0 N–H and O–H groups in total. The molecule has 1 aliphatic rings. The van der Waals surface area contributed by atoms with E-state index in [1.54, 1.807) is 0 Å². The van der Waals surface area contributed by atoms with E-state index in [0.717, 1.165) is 5.92 Å².